The summed E-state index contributed by atoms with van der Waals surface area (Å²) in [6, 6.07) is 12.8. The molecule has 0 fully saturated rings. The van der Waals surface area contributed by atoms with Crippen molar-refractivity contribution in [3.8, 4) is 0 Å². The molecule has 5 heteroatoms. The van der Waals surface area contributed by atoms with Gasteiger partial charge in [-0.1, -0.05) is 35.9 Å². The summed E-state index contributed by atoms with van der Waals surface area (Å²) in [7, 11) is 0. The molecule has 1 aliphatic rings. The van der Waals surface area contributed by atoms with Crippen LogP contribution < -0.4 is 10.2 Å². The first-order valence-corrected chi connectivity index (χ1v) is 7.41. The third-order valence-electron chi connectivity index (χ3n) is 3.76. The van der Waals surface area contributed by atoms with Gasteiger partial charge >= 0.3 is 11.8 Å². The Hall–Kier alpha value is -2.33. The summed E-state index contributed by atoms with van der Waals surface area (Å²) in [5.74, 6) is -1.21. The predicted molar refractivity (Wildman–Crippen MR) is 87.3 cm³/mol. The Balaban J connectivity index is 1.75. The zero-order valence-electron chi connectivity index (χ0n) is 12.1. The highest BCUT2D eigenvalue weighted by atomic mass is 35.5. The Bertz CT molecular complexity index is 758. The third kappa shape index (κ3) is 2.70. The molecule has 0 unspecified atom stereocenters. The van der Waals surface area contributed by atoms with Gasteiger partial charge in [0, 0.05) is 22.9 Å². The molecule has 0 saturated heterocycles. The minimum atomic E-state index is -0.656. The van der Waals surface area contributed by atoms with Crippen LogP contribution in [0.5, 0.6) is 0 Å². The number of carbonyl (C=O) groups is 2. The summed E-state index contributed by atoms with van der Waals surface area (Å²) < 4.78 is 0. The minimum Gasteiger partial charge on any atom is -0.318 e. The number of amides is 2. The molecule has 0 bridgehead atoms. The van der Waals surface area contributed by atoms with Crippen LogP contribution in [-0.2, 0) is 16.0 Å². The zero-order valence-corrected chi connectivity index (χ0v) is 12.9. The van der Waals surface area contributed by atoms with Crippen LogP contribution in [0.4, 0.5) is 11.4 Å². The number of halogens is 1. The summed E-state index contributed by atoms with van der Waals surface area (Å²) in [4.78, 5) is 26.0. The van der Waals surface area contributed by atoms with E-state index in [0.29, 0.717) is 17.3 Å². The van der Waals surface area contributed by atoms with E-state index in [1.807, 2.05) is 31.2 Å². The maximum atomic E-state index is 12.3. The van der Waals surface area contributed by atoms with Crippen LogP contribution in [0.2, 0.25) is 5.02 Å². The first-order valence-electron chi connectivity index (χ1n) is 7.03. The van der Waals surface area contributed by atoms with E-state index in [9.17, 15) is 9.59 Å². The normalized spacial score (nSPS) is 12.9. The summed E-state index contributed by atoms with van der Waals surface area (Å²) >= 11 is 6.02. The Morgan fingerprint density at radius 3 is 2.73 bits per heavy atom. The van der Waals surface area contributed by atoms with Crippen molar-refractivity contribution in [1.82, 2.24) is 0 Å². The van der Waals surface area contributed by atoms with Crippen LogP contribution in [0.1, 0.15) is 11.1 Å². The highest BCUT2D eigenvalue weighted by Crippen LogP contribution is 2.27. The highest BCUT2D eigenvalue weighted by molar-refractivity contribution is 6.44. The van der Waals surface area contributed by atoms with Crippen molar-refractivity contribution in [3.05, 3.63) is 58.6 Å². The van der Waals surface area contributed by atoms with Crippen molar-refractivity contribution in [3.63, 3.8) is 0 Å². The number of nitrogens with one attached hydrogen (secondary N) is 1. The second-order valence-electron chi connectivity index (χ2n) is 5.25. The number of hydrogen-bond donors (Lipinski definition) is 1. The van der Waals surface area contributed by atoms with Crippen LogP contribution in [0.15, 0.2) is 42.5 Å². The van der Waals surface area contributed by atoms with E-state index >= 15 is 0 Å². The molecule has 1 aliphatic heterocycles. The van der Waals surface area contributed by atoms with Gasteiger partial charge in [-0.3, -0.25) is 9.59 Å². The number of aryl methyl sites for hydroxylation is 1. The molecule has 0 radical (unpaired) electrons. The minimum absolute atomic E-state index is 0.515. The van der Waals surface area contributed by atoms with Crippen molar-refractivity contribution in [2.75, 3.05) is 16.8 Å². The van der Waals surface area contributed by atoms with E-state index in [1.165, 1.54) is 4.90 Å². The van der Waals surface area contributed by atoms with Gasteiger partial charge in [0.15, 0.2) is 0 Å². The highest BCUT2D eigenvalue weighted by Gasteiger charge is 2.28. The summed E-state index contributed by atoms with van der Waals surface area (Å²) in [6.45, 7) is 2.40. The van der Waals surface area contributed by atoms with Crippen LogP contribution in [0, 0.1) is 6.92 Å². The largest absolute Gasteiger partial charge is 0.318 e. The first kappa shape index (κ1) is 14.6. The van der Waals surface area contributed by atoms with Crippen LogP contribution in [-0.4, -0.2) is 18.4 Å². The fraction of sp³-hybridized carbons (Fsp3) is 0.176. The lowest BCUT2D eigenvalue weighted by molar-refractivity contribution is -0.134. The van der Waals surface area contributed by atoms with Crippen molar-refractivity contribution in [2.45, 2.75) is 13.3 Å². The SMILES string of the molecule is Cc1ccc(NC(=O)C(=O)N2CCc3ccccc32)cc1Cl. The van der Waals surface area contributed by atoms with Gasteiger partial charge < -0.3 is 10.2 Å². The second kappa shape index (κ2) is 5.81. The Morgan fingerprint density at radius 1 is 1.18 bits per heavy atom. The summed E-state index contributed by atoms with van der Waals surface area (Å²) in [5, 5.41) is 3.16. The van der Waals surface area contributed by atoms with Gasteiger partial charge in [0.05, 0.1) is 0 Å². The van der Waals surface area contributed by atoms with Crippen molar-refractivity contribution >= 4 is 34.8 Å². The van der Waals surface area contributed by atoms with Gasteiger partial charge in [-0.05, 0) is 42.7 Å². The topological polar surface area (TPSA) is 49.4 Å². The third-order valence-corrected chi connectivity index (χ3v) is 4.16. The molecular formula is C17H15ClN2O2. The molecule has 0 spiro atoms. The van der Waals surface area contributed by atoms with E-state index in [0.717, 1.165) is 23.2 Å². The molecule has 2 amide bonds. The molecule has 1 N–H and O–H groups in total. The molecule has 0 aromatic heterocycles. The quantitative estimate of drug-likeness (QED) is 0.822. The summed E-state index contributed by atoms with van der Waals surface area (Å²) in [6.07, 6.45) is 0.769. The van der Waals surface area contributed by atoms with Gasteiger partial charge in [-0.25, -0.2) is 0 Å². The Labute approximate surface area is 133 Å². The molecule has 0 saturated carbocycles. The van der Waals surface area contributed by atoms with E-state index < -0.39 is 11.8 Å². The maximum absolute atomic E-state index is 12.3. The average molecular weight is 315 g/mol. The van der Waals surface area contributed by atoms with Gasteiger partial charge in [-0.15, -0.1) is 0 Å². The van der Waals surface area contributed by atoms with E-state index in [-0.39, 0.29) is 0 Å². The van der Waals surface area contributed by atoms with Gasteiger partial charge in [-0.2, -0.15) is 0 Å². The second-order valence-corrected chi connectivity index (χ2v) is 5.66. The van der Waals surface area contributed by atoms with Crippen molar-refractivity contribution in [1.29, 1.82) is 0 Å². The predicted octanol–water partition coefficient (Wildman–Crippen LogP) is 3.18. The Morgan fingerprint density at radius 2 is 1.95 bits per heavy atom. The van der Waals surface area contributed by atoms with Gasteiger partial charge in [0.25, 0.3) is 0 Å². The van der Waals surface area contributed by atoms with Crippen LogP contribution >= 0.6 is 11.6 Å². The number of para-hydroxylation sites is 1. The first-order chi connectivity index (χ1) is 10.6. The number of benzene rings is 2. The number of rotatable bonds is 1. The van der Waals surface area contributed by atoms with Gasteiger partial charge in [0.2, 0.25) is 0 Å². The molecule has 0 aliphatic carbocycles. The summed E-state index contributed by atoms with van der Waals surface area (Å²) in [5.41, 5.74) is 3.33. The Kier molecular flexibility index (Phi) is 3.86. The number of nitrogens with zero attached hydrogens (tertiary/aromatic N) is 1. The van der Waals surface area contributed by atoms with Crippen LogP contribution in [0.25, 0.3) is 0 Å². The lowest BCUT2D eigenvalue weighted by atomic mass is 10.2. The maximum Gasteiger partial charge on any atom is 0.316 e. The van der Waals surface area contributed by atoms with E-state index in [1.54, 1.807) is 18.2 Å². The molecule has 2 aromatic carbocycles. The van der Waals surface area contributed by atoms with E-state index in [2.05, 4.69) is 5.32 Å². The zero-order chi connectivity index (χ0) is 15.7. The molecule has 112 valence electrons. The van der Waals surface area contributed by atoms with Crippen molar-refractivity contribution in [2.24, 2.45) is 0 Å². The fourth-order valence-corrected chi connectivity index (χ4v) is 2.71. The fourth-order valence-electron chi connectivity index (χ4n) is 2.53. The average Bonchev–Trinajstić information content (AvgIpc) is 2.94. The van der Waals surface area contributed by atoms with Gasteiger partial charge in [0.1, 0.15) is 0 Å². The molecular weight excluding hydrogens is 300 g/mol. The lowest BCUT2D eigenvalue weighted by Gasteiger charge is -2.16. The molecule has 2 aromatic rings. The molecule has 3 rings (SSSR count). The standard InChI is InChI=1S/C17H15ClN2O2/c1-11-6-7-13(10-14(11)18)19-16(21)17(22)20-9-8-12-4-2-3-5-15(12)20/h2-7,10H,8-9H2,1H3,(H,19,21). The smallest absolute Gasteiger partial charge is 0.316 e. The monoisotopic (exact) mass is 314 g/mol. The number of anilines is 2. The number of hydrogen-bond acceptors (Lipinski definition) is 2. The molecule has 4 nitrogen and oxygen atoms in total. The number of carbonyl (C=O) groups excluding carboxylic acids is 2. The number of fused-ring (bicyclic) bond motifs is 1. The molecule has 22 heavy (non-hydrogen) atoms. The molecule has 1 heterocycles. The molecule has 0 atom stereocenters. The van der Waals surface area contributed by atoms with Crippen molar-refractivity contribution < 1.29 is 9.59 Å². The van der Waals surface area contributed by atoms with E-state index in [4.69, 9.17) is 11.6 Å². The lowest BCUT2D eigenvalue weighted by Crippen LogP contribution is -2.38. The van der Waals surface area contributed by atoms with Crippen LogP contribution in [0.3, 0.4) is 0 Å².